The SMILES string of the molecule is CC(N)C(Sc1cc(F)ccc1F)c1cc(Br)cs1. The van der Waals surface area contributed by atoms with Crippen LogP contribution >= 0.6 is 39.0 Å². The number of hydrogen-bond acceptors (Lipinski definition) is 3. The van der Waals surface area contributed by atoms with Gasteiger partial charge in [0.1, 0.15) is 11.6 Å². The fourth-order valence-corrected chi connectivity index (χ4v) is 4.49. The molecule has 2 unspecified atom stereocenters. The number of benzene rings is 1. The first kappa shape index (κ1) is 15.0. The van der Waals surface area contributed by atoms with Crippen LogP contribution in [0.2, 0.25) is 0 Å². The summed E-state index contributed by atoms with van der Waals surface area (Å²) in [5, 5.41) is 1.85. The smallest absolute Gasteiger partial charge is 0.136 e. The molecule has 0 radical (unpaired) electrons. The first-order chi connectivity index (χ1) is 8.97. The zero-order chi connectivity index (χ0) is 14.0. The van der Waals surface area contributed by atoms with E-state index >= 15 is 0 Å². The molecule has 2 aromatic rings. The van der Waals surface area contributed by atoms with E-state index in [0.717, 1.165) is 21.5 Å². The fraction of sp³-hybridized carbons (Fsp3) is 0.231. The van der Waals surface area contributed by atoms with Crippen LogP contribution in [0.25, 0.3) is 0 Å². The first-order valence-electron chi connectivity index (χ1n) is 5.58. The van der Waals surface area contributed by atoms with Gasteiger partial charge in [0, 0.05) is 25.7 Å². The van der Waals surface area contributed by atoms with Gasteiger partial charge >= 0.3 is 0 Å². The molecule has 0 aliphatic heterocycles. The zero-order valence-corrected chi connectivity index (χ0v) is 13.3. The van der Waals surface area contributed by atoms with E-state index in [0.29, 0.717) is 0 Å². The Bertz CT molecular complexity index is 572. The Morgan fingerprint density at radius 2 is 2.05 bits per heavy atom. The molecule has 102 valence electrons. The largest absolute Gasteiger partial charge is 0.327 e. The average Bonchev–Trinajstić information content (AvgIpc) is 2.76. The van der Waals surface area contributed by atoms with E-state index in [1.807, 2.05) is 18.4 Å². The molecular weight excluding hydrogens is 352 g/mol. The van der Waals surface area contributed by atoms with E-state index in [2.05, 4.69) is 15.9 Å². The van der Waals surface area contributed by atoms with Crippen molar-refractivity contribution >= 4 is 39.0 Å². The highest BCUT2D eigenvalue weighted by molar-refractivity contribution is 9.10. The molecule has 2 atom stereocenters. The predicted octanol–water partition coefficient (Wildman–Crippen LogP) is 4.97. The number of thioether (sulfide) groups is 1. The number of nitrogens with two attached hydrogens (primary N) is 1. The van der Waals surface area contributed by atoms with Crippen LogP contribution in [0.4, 0.5) is 8.78 Å². The molecule has 1 aromatic carbocycles. The van der Waals surface area contributed by atoms with E-state index in [4.69, 9.17) is 5.73 Å². The van der Waals surface area contributed by atoms with Gasteiger partial charge in [0.2, 0.25) is 0 Å². The topological polar surface area (TPSA) is 26.0 Å². The standard InChI is InChI=1S/C13H12BrF2NS2/c1-7(17)13(12-4-8(14)6-18-12)19-11-5-9(15)2-3-10(11)16/h2-7,13H,17H2,1H3. The van der Waals surface area contributed by atoms with Crippen molar-refractivity contribution in [1.82, 2.24) is 0 Å². The van der Waals surface area contributed by atoms with Crippen LogP contribution in [0.1, 0.15) is 17.1 Å². The molecule has 0 aliphatic rings. The molecule has 2 rings (SSSR count). The summed E-state index contributed by atoms with van der Waals surface area (Å²) >= 11 is 6.19. The molecule has 1 nitrogen and oxygen atoms in total. The third-order valence-electron chi connectivity index (χ3n) is 2.49. The van der Waals surface area contributed by atoms with Gasteiger partial charge in [-0.1, -0.05) is 0 Å². The Labute approximate surface area is 127 Å². The van der Waals surface area contributed by atoms with Crippen LogP contribution < -0.4 is 5.73 Å². The van der Waals surface area contributed by atoms with Gasteiger partial charge in [-0.2, -0.15) is 0 Å². The molecule has 0 saturated heterocycles. The monoisotopic (exact) mass is 363 g/mol. The van der Waals surface area contributed by atoms with Crippen LogP contribution in [0.3, 0.4) is 0 Å². The second kappa shape index (κ2) is 6.35. The molecule has 0 saturated carbocycles. The van der Waals surface area contributed by atoms with Gasteiger partial charge in [0.05, 0.1) is 5.25 Å². The number of thiophene rings is 1. The summed E-state index contributed by atoms with van der Waals surface area (Å²) in [6.45, 7) is 1.86. The third-order valence-corrected chi connectivity index (χ3v) is 5.92. The van der Waals surface area contributed by atoms with Crippen molar-refractivity contribution in [3.05, 3.63) is 50.6 Å². The fourth-order valence-electron chi connectivity index (χ4n) is 1.61. The minimum atomic E-state index is -0.445. The third kappa shape index (κ3) is 3.78. The molecule has 0 spiro atoms. The van der Waals surface area contributed by atoms with Crippen LogP contribution in [-0.4, -0.2) is 6.04 Å². The van der Waals surface area contributed by atoms with Crippen molar-refractivity contribution < 1.29 is 8.78 Å². The van der Waals surface area contributed by atoms with E-state index in [1.54, 1.807) is 11.3 Å². The summed E-state index contributed by atoms with van der Waals surface area (Å²) in [7, 11) is 0. The van der Waals surface area contributed by atoms with Crippen molar-refractivity contribution in [2.24, 2.45) is 5.73 Å². The normalized spacial score (nSPS) is 14.4. The summed E-state index contributed by atoms with van der Waals surface area (Å²) in [5.41, 5.74) is 5.97. The van der Waals surface area contributed by atoms with E-state index < -0.39 is 11.6 Å². The van der Waals surface area contributed by atoms with Crippen molar-refractivity contribution in [2.75, 3.05) is 0 Å². The zero-order valence-electron chi connectivity index (χ0n) is 10.1. The number of halogens is 3. The predicted molar refractivity (Wildman–Crippen MR) is 80.6 cm³/mol. The molecule has 6 heteroatoms. The van der Waals surface area contributed by atoms with Crippen LogP contribution in [0, 0.1) is 11.6 Å². The quantitative estimate of drug-likeness (QED) is 0.776. The highest BCUT2D eigenvalue weighted by atomic mass is 79.9. The van der Waals surface area contributed by atoms with Gasteiger partial charge in [0.25, 0.3) is 0 Å². The molecular formula is C13H12BrF2NS2. The second-order valence-corrected chi connectivity index (χ2v) is 7.18. The maximum Gasteiger partial charge on any atom is 0.136 e. The molecule has 0 bridgehead atoms. The highest BCUT2D eigenvalue weighted by Gasteiger charge is 2.21. The van der Waals surface area contributed by atoms with Crippen molar-refractivity contribution in [1.29, 1.82) is 0 Å². The summed E-state index contributed by atoms with van der Waals surface area (Å²) in [5.74, 6) is -0.868. The van der Waals surface area contributed by atoms with Gasteiger partial charge in [-0.15, -0.1) is 23.1 Å². The maximum atomic E-state index is 13.7. The second-order valence-electron chi connectivity index (χ2n) is 4.14. The van der Waals surface area contributed by atoms with Crippen LogP contribution in [-0.2, 0) is 0 Å². The Morgan fingerprint density at radius 1 is 1.32 bits per heavy atom. The van der Waals surface area contributed by atoms with Gasteiger partial charge in [-0.25, -0.2) is 8.78 Å². The van der Waals surface area contributed by atoms with Crippen LogP contribution in [0.5, 0.6) is 0 Å². The lowest BCUT2D eigenvalue weighted by Crippen LogP contribution is -2.22. The Morgan fingerprint density at radius 3 is 2.63 bits per heavy atom. The van der Waals surface area contributed by atoms with E-state index in [9.17, 15) is 8.78 Å². The van der Waals surface area contributed by atoms with Crippen molar-refractivity contribution in [3.8, 4) is 0 Å². The summed E-state index contributed by atoms with van der Waals surface area (Å²) in [6, 6.07) is 5.25. The van der Waals surface area contributed by atoms with E-state index in [1.165, 1.54) is 17.8 Å². The number of hydrogen-bond donors (Lipinski definition) is 1. The molecule has 2 N–H and O–H groups in total. The first-order valence-corrected chi connectivity index (χ1v) is 8.14. The molecule has 19 heavy (non-hydrogen) atoms. The summed E-state index contributed by atoms with van der Waals surface area (Å²) in [4.78, 5) is 1.32. The Balaban J connectivity index is 2.29. The summed E-state index contributed by atoms with van der Waals surface area (Å²) < 4.78 is 27.8. The van der Waals surface area contributed by atoms with E-state index in [-0.39, 0.29) is 16.2 Å². The lowest BCUT2D eigenvalue weighted by Gasteiger charge is -2.19. The lowest BCUT2D eigenvalue weighted by molar-refractivity contribution is 0.576. The van der Waals surface area contributed by atoms with Gasteiger partial charge in [-0.3, -0.25) is 0 Å². The highest BCUT2D eigenvalue weighted by Crippen LogP contribution is 2.41. The Hall–Kier alpha value is -0.430. The Kier molecular flexibility index (Phi) is 5.00. The van der Waals surface area contributed by atoms with Crippen LogP contribution in [0.15, 0.2) is 39.0 Å². The molecule has 0 aliphatic carbocycles. The molecule has 1 heterocycles. The van der Waals surface area contributed by atoms with Crippen molar-refractivity contribution in [3.63, 3.8) is 0 Å². The summed E-state index contributed by atoms with van der Waals surface area (Å²) in [6.07, 6.45) is 0. The minimum Gasteiger partial charge on any atom is -0.327 e. The minimum absolute atomic E-state index is 0.104. The van der Waals surface area contributed by atoms with Gasteiger partial charge < -0.3 is 5.73 Å². The molecule has 1 aromatic heterocycles. The number of rotatable bonds is 4. The van der Waals surface area contributed by atoms with Gasteiger partial charge in [0.15, 0.2) is 0 Å². The van der Waals surface area contributed by atoms with Gasteiger partial charge in [-0.05, 0) is 47.1 Å². The molecule has 0 fully saturated rings. The maximum absolute atomic E-state index is 13.7. The van der Waals surface area contributed by atoms with Crippen molar-refractivity contribution in [2.45, 2.75) is 23.1 Å². The lowest BCUT2D eigenvalue weighted by atomic mass is 10.2. The molecule has 0 amide bonds. The average molecular weight is 364 g/mol.